The van der Waals surface area contributed by atoms with Gasteiger partial charge >= 0.3 is 58.2 Å². The SMILES string of the molecule is COc1c(C)cc2c3c1O[C@H]1C[C@@H](O)C=C[C@@]31CC[N-]C2.[Rb+]. The number of hydrogen-bond acceptors (Lipinski definition) is 3. The van der Waals surface area contributed by atoms with Gasteiger partial charge in [0.15, 0.2) is 11.5 Å². The van der Waals surface area contributed by atoms with Crippen molar-refractivity contribution in [3.05, 3.63) is 40.2 Å². The Bertz CT molecular complexity index is 631. The van der Waals surface area contributed by atoms with Crippen LogP contribution in [0.5, 0.6) is 11.5 Å². The Morgan fingerprint density at radius 1 is 1.45 bits per heavy atom. The van der Waals surface area contributed by atoms with Crippen molar-refractivity contribution in [1.29, 1.82) is 0 Å². The van der Waals surface area contributed by atoms with E-state index in [-0.39, 0.29) is 69.7 Å². The summed E-state index contributed by atoms with van der Waals surface area (Å²) in [6, 6.07) is 2.18. The molecule has 2 heterocycles. The second kappa shape index (κ2) is 6.30. The van der Waals surface area contributed by atoms with E-state index in [1.54, 1.807) is 7.11 Å². The van der Waals surface area contributed by atoms with Crippen molar-refractivity contribution in [2.24, 2.45) is 0 Å². The number of aliphatic hydroxyl groups is 1. The van der Waals surface area contributed by atoms with E-state index in [9.17, 15) is 5.11 Å². The number of rotatable bonds is 1. The smallest absolute Gasteiger partial charge is 0.658 e. The average Bonchev–Trinajstić information content (AvgIpc) is 2.66. The van der Waals surface area contributed by atoms with Gasteiger partial charge in [0.05, 0.1) is 18.6 Å². The molecular formula is C17H20NO3Rb. The van der Waals surface area contributed by atoms with Gasteiger partial charge in [0.25, 0.3) is 0 Å². The fraction of sp³-hybridized carbons (Fsp3) is 0.529. The summed E-state index contributed by atoms with van der Waals surface area (Å²) < 4.78 is 11.9. The van der Waals surface area contributed by atoms with E-state index in [0.717, 1.165) is 36.6 Å². The molecule has 3 aliphatic rings. The summed E-state index contributed by atoms with van der Waals surface area (Å²) in [7, 11) is 1.69. The van der Waals surface area contributed by atoms with Gasteiger partial charge in [-0.15, -0.1) is 13.1 Å². The molecule has 4 rings (SSSR count). The minimum Gasteiger partial charge on any atom is -0.658 e. The third-order valence-corrected chi connectivity index (χ3v) is 5.04. The van der Waals surface area contributed by atoms with Crippen molar-refractivity contribution in [2.75, 3.05) is 13.7 Å². The van der Waals surface area contributed by atoms with Gasteiger partial charge in [0, 0.05) is 12.0 Å². The molecule has 112 valence electrons. The Hall–Kier alpha value is 0.285. The minimum absolute atomic E-state index is 0. The van der Waals surface area contributed by atoms with Crippen LogP contribution in [-0.2, 0) is 12.0 Å². The van der Waals surface area contributed by atoms with Crippen LogP contribution in [0.15, 0.2) is 18.2 Å². The third kappa shape index (κ3) is 2.38. The number of aryl methyl sites for hydroxylation is 1. The second-order valence-corrected chi connectivity index (χ2v) is 6.25. The van der Waals surface area contributed by atoms with Crippen LogP contribution in [0.2, 0.25) is 0 Å². The summed E-state index contributed by atoms with van der Waals surface area (Å²) in [4.78, 5) is 0. The maximum Gasteiger partial charge on any atom is 1.00 e. The average molecular weight is 372 g/mol. The number of ether oxygens (including phenoxy) is 2. The first kappa shape index (κ1) is 17.1. The molecule has 1 aromatic carbocycles. The molecule has 2 aliphatic heterocycles. The Balaban J connectivity index is 0.00000144. The van der Waals surface area contributed by atoms with Crippen molar-refractivity contribution in [2.45, 2.75) is 43.9 Å². The Kier molecular flexibility index (Phi) is 4.90. The summed E-state index contributed by atoms with van der Waals surface area (Å²) in [6.45, 7) is 3.61. The van der Waals surface area contributed by atoms with E-state index in [2.05, 4.69) is 17.5 Å². The van der Waals surface area contributed by atoms with Crippen LogP contribution in [0.4, 0.5) is 0 Å². The molecule has 1 N–H and O–H groups in total. The molecule has 0 saturated carbocycles. The summed E-state index contributed by atoms with van der Waals surface area (Å²) in [5, 5.41) is 14.6. The Labute approximate surface area is 180 Å². The maximum atomic E-state index is 9.96. The van der Waals surface area contributed by atoms with Crippen LogP contribution in [0.25, 0.3) is 5.32 Å². The first-order chi connectivity index (χ1) is 10.2. The molecule has 3 atom stereocenters. The van der Waals surface area contributed by atoms with Gasteiger partial charge in [-0.05, 0) is 12.5 Å². The van der Waals surface area contributed by atoms with E-state index in [1.807, 2.05) is 13.0 Å². The molecular weight excluding hydrogens is 352 g/mol. The zero-order chi connectivity index (χ0) is 14.6. The minimum atomic E-state index is -0.425. The molecule has 0 unspecified atom stereocenters. The number of aliphatic hydroxyl groups excluding tert-OH is 1. The van der Waals surface area contributed by atoms with Gasteiger partial charge in [-0.3, -0.25) is 0 Å². The van der Waals surface area contributed by atoms with Crippen molar-refractivity contribution in [1.82, 2.24) is 0 Å². The standard InChI is InChI=1S/C17H20NO3.Rb/c1-10-7-11-9-18-6-5-17-4-3-12(19)8-13(17)21-16(14(11)17)15(10)20-2;/h3-4,7,12-13,19H,5-6,8-9H2,1-2H3;/q-1;+1/t12-,13-,17-;/m0./s1. The zero-order valence-corrected chi connectivity index (χ0v) is 18.3. The molecule has 1 aliphatic carbocycles. The maximum absolute atomic E-state index is 9.96. The first-order valence-electron chi connectivity index (χ1n) is 7.54. The van der Waals surface area contributed by atoms with E-state index < -0.39 is 6.10 Å². The molecule has 4 nitrogen and oxygen atoms in total. The molecule has 1 aromatic rings. The van der Waals surface area contributed by atoms with Crippen molar-refractivity contribution < 1.29 is 72.8 Å². The van der Waals surface area contributed by atoms with E-state index >= 15 is 0 Å². The summed E-state index contributed by atoms with van der Waals surface area (Å²) in [5.41, 5.74) is 3.41. The largest absolute Gasteiger partial charge is 1.00 e. The van der Waals surface area contributed by atoms with Crippen molar-refractivity contribution >= 4 is 0 Å². The van der Waals surface area contributed by atoms with E-state index in [4.69, 9.17) is 9.47 Å². The van der Waals surface area contributed by atoms with Crippen LogP contribution in [0, 0.1) is 6.92 Å². The van der Waals surface area contributed by atoms with Gasteiger partial charge in [-0.2, -0.15) is 0 Å². The second-order valence-electron chi connectivity index (χ2n) is 6.25. The quantitative estimate of drug-likeness (QED) is 0.684. The predicted molar refractivity (Wildman–Crippen MR) is 80.1 cm³/mol. The number of hydrogen-bond donors (Lipinski definition) is 1. The summed E-state index contributed by atoms with van der Waals surface area (Å²) >= 11 is 0. The molecule has 0 fully saturated rings. The van der Waals surface area contributed by atoms with Gasteiger partial charge in [0.2, 0.25) is 0 Å². The molecule has 22 heavy (non-hydrogen) atoms. The third-order valence-electron chi connectivity index (χ3n) is 5.04. The topological polar surface area (TPSA) is 52.8 Å². The summed E-state index contributed by atoms with van der Waals surface area (Å²) in [5.74, 6) is 1.70. The molecule has 1 spiro atoms. The van der Waals surface area contributed by atoms with Crippen LogP contribution < -0.4 is 67.7 Å². The van der Waals surface area contributed by atoms with Crippen molar-refractivity contribution in [3.8, 4) is 11.5 Å². The van der Waals surface area contributed by atoms with Crippen LogP contribution in [-0.4, -0.2) is 31.0 Å². The van der Waals surface area contributed by atoms with E-state index in [1.165, 1.54) is 11.1 Å². The number of benzene rings is 1. The van der Waals surface area contributed by atoms with Crippen LogP contribution in [0.1, 0.15) is 29.5 Å². The molecule has 0 radical (unpaired) electrons. The van der Waals surface area contributed by atoms with Crippen LogP contribution >= 0.6 is 0 Å². The fourth-order valence-corrected chi connectivity index (χ4v) is 4.11. The molecule has 0 aromatic heterocycles. The Morgan fingerprint density at radius 3 is 3.05 bits per heavy atom. The normalized spacial score (nSPS) is 31.4. The summed E-state index contributed by atoms with van der Waals surface area (Å²) in [6.07, 6.45) is 5.19. The Morgan fingerprint density at radius 2 is 2.27 bits per heavy atom. The van der Waals surface area contributed by atoms with Crippen LogP contribution in [0.3, 0.4) is 0 Å². The molecule has 5 heteroatoms. The number of nitrogens with zero attached hydrogens (tertiary/aromatic N) is 1. The molecule has 0 amide bonds. The van der Waals surface area contributed by atoms with Gasteiger partial charge in [-0.1, -0.05) is 30.2 Å². The van der Waals surface area contributed by atoms with Gasteiger partial charge < -0.3 is 19.9 Å². The zero-order valence-electron chi connectivity index (χ0n) is 13.4. The molecule has 0 saturated heterocycles. The first-order valence-corrected chi connectivity index (χ1v) is 7.54. The number of methoxy groups -OCH3 is 1. The molecule has 0 bridgehead atoms. The van der Waals surface area contributed by atoms with Crippen molar-refractivity contribution in [3.63, 3.8) is 0 Å². The van der Waals surface area contributed by atoms with Gasteiger partial charge in [0.1, 0.15) is 6.10 Å². The monoisotopic (exact) mass is 371 g/mol. The van der Waals surface area contributed by atoms with Gasteiger partial charge in [-0.25, -0.2) is 0 Å². The predicted octanol–water partition coefficient (Wildman–Crippen LogP) is -0.395. The van der Waals surface area contributed by atoms with E-state index in [0.29, 0.717) is 6.42 Å². The fourth-order valence-electron chi connectivity index (χ4n) is 4.11.